The molecule has 1 unspecified atom stereocenters. The minimum atomic E-state index is -0.517. The van der Waals surface area contributed by atoms with E-state index < -0.39 is 6.04 Å². The molecule has 0 fully saturated rings. The van der Waals surface area contributed by atoms with Crippen molar-refractivity contribution in [2.45, 2.75) is 26.8 Å². The van der Waals surface area contributed by atoms with Gasteiger partial charge in [-0.2, -0.15) is 0 Å². The molecule has 0 saturated carbocycles. The molecular weight excluding hydrogens is 248 g/mol. The number of benzene rings is 2. The van der Waals surface area contributed by atoms with E-state index in [1.807, 2.05) is 50.2 Å². The molecule has 0 radical (unpaired) electrons. The maximum atomic E-state index is 11.8. The van der Waals surface area contributed by atoms with Crippen molar-refractivity contribution in [2.24, 2.45) is 5.73 Å². The second kappa shape index (κ2) is 5.78. The Morgan fingerprint density at radius 1 is 1.00 bits per heavy atom. The number of primary amides is 1. The molecule has 0 saturated heterocycles. The molecule has 3 heteroatoms. The van der Waals surface area contributed by atoms with Gasteiger partial charge in [0.25, 0.3) is 0 Å². The van der Waals surface area contributed by atoms with Gasteiger partial charge in [0.15, 0.2) is 0 Å². The van der Waals surface area contributed by atoms with Crippen LogP contribution in [-0.4, -0.2) is 5.91 Å². The number of carbonyl (C=O) groups is 1. The average Bonchev–Trinajstić information content (AvgIpc) is 2.41. The smallest absolute Gasteiger partial charge is 0.244 e. The number of para-hydroxylation sites is 1. The third-order valence-corrected chi connectivity index (χ3v) is 3.56. The fraction of sp³-hybridized carbons (Fsp3) is 0.235. The number of rotatable bonds is 4. The van der Waals surface area contributed by atoms with Gasteiger partial charge in [-0.3, -0.25) is 4.79 Å². The van der Waals surface area contributed by atoms with E-state index in [4.69, 9.17) is 5.73 Å². The molecule has 2 rings (SSSR count). The van der Waals surface area contributed by atoms with Gasteiger partial charge in [0, 0.05) is 5.69 Å². The van der Waals surface area contributed by atoms with Crippen LogP contribution in [0.15, 0.2) is 42.5 Å². The molecule has 3 nitrogen and oxygen atoms in total. The first-order chi connectivity index (χ1) is 9.49. The normalized spacial score (nSPS) is 11.9. The van der Waals surface area contributed by atoms with Crippen LogP contribution in [-0.2, 0) is 4.79 Å². The monoisotopic (exact) mass is 268 g/mol. The summed E-state index contributed by atoms with van der Waals surface area (Å²) in [6.45, 7) is 6.11. The van der Waals surface area contributed by atoms with Crippen molar-refractivity contribution in [1.29, 1.82) is 0 Å². The molecular formula is C17H20N2O. The highest BCUT2D eigenvalue weighted by atomic mass is 16.1. The zero-order valence-corrected chi connectivity index (χ0v) is 12.1. The van der Waals surface area contributed by atoms with E-state index in [1.165, 1.54) is 5.56 Å². The fourth-order valence-corrected chi connectivity index (χ4v) is 2.30. The highest BCUT2D eigenvalue weighted by Crippen LogP contribution is 2.25. The standard InChI is InChI=1S/C17H20N2O/c1-11-9-13(3)15(10-12(11)2)16(17(18)20)19-14-7-5-4-6-8-14/h4-10,16,19H,1-3H3,(H2,18,20). The Balaban J connectivity index is 2.39. The van der Waals surface area contributed by atoms with Crippen molar-refractivity contribution < 1.29 is 4.79 Å². The van der Waals surface area contributed by atoms with E-state index in [9.17, 15) is 4.79 Å². The van der Waals surface area contributed by atoms with E-state index in [2.05, 4.69) is 18.3 Å². The van der Waals surface area contributed by atoms with Gasteiger partial charge in [-0.1, -0.05) is 30.3 Å². The average molecular weight is 268 g/mol. The predicted molar refractivity (Wildman–Crippen MR) is 82.7 cm³/mol. The molecule has 1 amide bonds. The van der Waals surface area contributed by atoms with Crippen molar-refractivity contribution in [3.05, 3.63) is 64.7 Å². The van der Waals surface area contributed by atoms with Gasteiger partial charge >= 0.3 is 0 Å². The van der Waals surface area contributed by atoms with Crippen LogP contribution in [0.4, 0.5) is 5.69 Å². The third kappa shape index (κ3) is 2.99. The lowest BCUT2D eigenvalue weighted by atomic mass is 9.95. The molecule has 2 aromatic carbocycles. The molecule has 0 aliphatic rings. The summed E-state index contributed by atoms with van der Waals surface area (Å²) in [4.78, 5) is 11.8. The maximum Gasteiger partial charge on any atom is 0.244 e. The van der Waals surface area contributed by atoms with E-state index >= 15 is 0 Å². The van der Waals surface area contributed by atoms with Crippen molar-refractivity contribution >= 4 is 11.6 Å². The first kappa shape index (κ1) is 14.1. The summed E-state index contributed by atoms with van der Waals surface area (Å²) in [7, 11) is 0. The minimum absolute atomic E-state index is 0.375. The molecule has 0 aromatic heterocycles. The molecule has 0 aliphatic heterocycles. The van der Waals surface area contributed by atoms with Crippen LogP contribution in [0.1, 0.15) is 28.3 Å². The Labute approximate surface area is 119 Å². The van der Waals surface area contributed by atoms with Crippen LogP contribution in [0.25, 0.3) is 0 Å². The highest BCUT2D eigenvalue weighted by Gasteiger charge is 2.20. The van der Waals surface area contributed by atoms with Gasteiger partial charge in [-0.15, -0.1) is 0 Å². The van der Waals surface area contributed by atoms with Gasteiger partial charge in [0.1, 0.15) is 6.04 Å². The largest absolute Gasteiger partial charge is 0.370 e. The van der Waals surface area contributed by atoms with Crippen LogP contribution in [0, 0.1) is 20.8 Å². The van der Waals surface area contributed by atoms with Crippen LogP contribution in [0.2, 0.25) is 0 Å². The quantitative estimate of drug-likeness (QED) is 0.894. The molecule has 0 bridgehead atoms. The molecule has 0 heterocycles. The molecule has 0 spiro atoms. The number of anilines is 1. The minimum Gasteiger partial charge on any atom is -0.370 e. The number of nitrogens with one attached hydrogen (secondary N) is 1. The van der Waals surface area contributed by atoms with Crippen molar-refractivity contribution in [1.82, 2.24) is 0 Å². The Bertz CT molecular complexity index is 620. The van der Waals surface area contributed by atoms with E-state index in [1.54, 1.807) is 0 Å². The van der Waals surface area contributed by atoms with E-state index in [0.29, 0.717) is 0 Å². The Morgan fingerprint density at radius 2 is 1.60 bits per heavy atom. The van der Waals surface area contributed by atoms with Gasteiger partial charge in [0.2, 0.25) is 5.91 Å². The summed E-state index contributed by atoms with van der Waals surface area (Å²) in [5, 5.41) is 3.21. The van der Waals surface area contributed by atoms with Gasteiger partial charge in [-0.25, -0.2) is 0 Å². The summed E-state index contributed by atoms with van der Waals surface area (Å²) >= 11 is 0. The van der Waals surface area contributed by atoms with Crippen LogP contribution < -0.4 is 11.1 Å². The number of hydrogen-bond acceptors (Lipinski definition) is 2. The fourth-order valence-electron chi connectivity index (χ4n) is 2.30. The first-order valence-corrected chi connectivity index (χ1v) is 6.67. The number of carbonyl (C=O) groups excluding carboxylic acids is 1. The molecule has 3 N–H and O–H groups in total. The molecule has 0 aliphatic carbocycles. The lowest BCUT2D eigenvalue weighted by molar-refractivity contribution is -0.118. The number of nitrogens with two attached hydrogens (primary N) is 1. The summed E-state index contributed by atoms with van der Waals surface area (Å²) in [6.07, 6.45) is 0. The van der Waals surface area contributed by atoms with E-state index in [0.717, 1.165) is 22.4 Å². The second-order valence-corrected chi connectivity index (χ2v) is 5.14. The molecule has 104 valence electrons. The highest BCUT2D eigenvalue weighted by molar-refractivity contribution is 5.85. The molecule has 20 heavy (non-hydrogen) atoms. The van der Waals surface area contributed by atoms with Crippen LogP contribution in [0.3, 0.4) is 0 Å². The third-order valence-electron chi connectivity index (χ3n) is 3.56. The van der Waals surface area contributed by atoms with Crippen molar-refractivity contribution in [3.63, 3.8) is 0 Å². The predicted octanol–water partition coefficient (Wildman–Crippen LogP) is 3.25. The summed E-state index contributed by atoms with van der Waals surface area (Å²) in [6, 6.07) is 13.2. The number of aryl methyl sites for hydroxylation is 3. The van der Waals surface area contributed by atoms with Crippen LogP contribution in [0.5, 0.6) is 0 Å². The summed E-state index contributed by atoms with van der Waals surface area (Å²) in [5.74, 6) is -0.375. The van der Waals surface area contributed by atoms with E-state index in [-0.39, 0.29) is 5.91 Å². The van der Waals surface area contributed by atoms with Gasteiger partial charge < -0.3 is 11.1 Å². The van der Waals surface area contributed by atoms with Crippen molar-refractivity contribution in [2.75, 3.05) is 5.32 Å². The number of amides is 1. The molecule has 2 aromatic rings. The summed E-state index contributed by atoms with van der Waals surface area (Å²) in [5.41, 5.74) is 10.8. The lowest BCUT2D eigenvalue weighted by Gasteiger charge is -2.20. The summed E-state index contributed by atoms with van der Waals surface area (Å²) < 4.78 is 0. The number of hydrogen-bond donors (Lipinski definition) is 2. The first-order valence-electron chi connectivity index (χ1n) is 6.67. The molecule has 1 atom stereocenters. The Kier molecular flexibility index (Phi) is 4.08. The maximum absolute atomic E-state index is 11.8. The van der Waals surface area contributed by atoms with Crippen LogP contribution >= 0.6 is 0 Å². The zero-order valence-electron chi connectivity index (χ0n) is 12.1. The second-order valence-electron chi connectivity index (χ2n) is 5.14. The topological polar surface area (TPSA) is 55.1 Å². The van der Waals surface area contributed by atoms with Gasteiger partial charge in [-0.05, 0) is 55.2 Å². The zero-order chi connectivity index (χ0) is 14.7. The van der Waals surface area contributed by atoms with Gasteiger partial charge in [0.05, 0.1) is 0 Å². The SMILES string of the molecule is Cc1cc(C)c(C(Nc2ccccc2)C(N)=O)cc1C. The Hall–Kier alpha value is -2.29. The lowest BCUT2D eigenvalue weighted by Crippen LogP contribution is -2.28. The van der Waals surface area contributed by atoms with Crippen molar-refractivity contribution in [3.8, 4) is 0 Å². The Morgan fingerprint density at radius 3 is 2.20 bits per heavy atom.